The van der Waals surface area contributed by atoms with Gasteiger partial charge in [-0.15, -0.1) is 0 Å². The first kappa shape index (κ1) is 18.3. The second-order valence-electron chi connectivity index (χ2n) is 6.84. The Morgan fingerprint density at radius 1 is 1.07 bits per heavy atom. The van der Waals surface area contributed by atoms with Crippen LogP contribution in [-0.4, -0.2) is 37.4 Å². The summed E-state index contributed by atoms with van der Waals surface area (Å²) in [5, 5.41) is 6.69. The van der Waals surface area contributed by atoms with Crippen molar-refractivity contribution in [2.24, 2.45) is 0 Å². The van der Waals surface area contributed by atoms with Crippen LogP contribution < -0.4 is 10.2 Å². The van der Waals surface area contributed by atoms with E-state index in [1.165, 1.54) is 5.69 Å². The van der Waals surface area contributed by atoms with Crippen LogP contribution in [0.25, 0.3) is 11.1 Å². The molecule has 0 bridgehead atoms. The topological polar surface area (TPSA) is 67.6 Å². The summed E-state index contributed by atoms with van der Waals surface area (Å²) >= 11 is 0. The Morgan fingerprint density at radius 3 is 2.57 bits per heavy atom. The smallest absolute Gasteiger partial charge is 0.251 e. The number of hydrogen-bond acceptors (Lipinski definition) is 5. The second kappa shape index (κ2) is 8.27. The van der Waals surface area contributed by atoms with Crippen LogP contribution in [0.15, 0.2) is 59.1 Å². The molecule has 6 heteroatoms. The number of rotatable bonds is 5. The minimum Gasteiger partial charge on any atom is -0.378 e. The second-order valence-corrected chi connectivity index (χ2v) is 6.84. The van der Waals surface area contributed by atoms with Crippen LogP contribution in [0.2, 0.25) is 0 Å². The largest absolute Gasteiger partial charge is 0.378 e. The van der Waals surface area contributed by atoms with Gasteiger partial charge in [-0.05, 0) is 42.3 Å². The van der Waals surface area contributed by atoms with E-state index >= 15 is 0 Å². The Labute approximate surface area is 164 Å². The molecular formula is C22H23N3O3. The summed E-state index contributed by atoms with van der Waals surface area (Å²) in [4.78, 5) is 14.8. The first-order valence-corrected chi connectivity index (χ1v) is 9.43. The average Bonchev–Trinajstić information content (AvgIpc) is 3.18. The molecule has 1 N–H and O–H groups in total. The molecule has 4 rings (SSSR count). The Morgan fingerprint density at radius 2 is 1.86 bits per heavy atom. The van der Waals surface area contributed by atoms with Crippen LogP contribution in [0.1, 0.15) is 21.8 Å². The van der Waals surface area contributed by atoms with Crippen LogP contribution in [0.4, 0.5) is 5.69 Å². The molecule has 2 heterocycles. The van der Waals surface area contributed by atoms with Crippen molar-refractivity contribution in [1.29, 1.82) is 0 Å². The van der Waals surface area contributed by atoms with E-state index in [0.717, 1.165) is 43.1 Å². The highest BCUT2D eigenvalue weighted by molar-refractivity contribution is 5.95. The lowest BCUT2D eigenvalue weighted by atomic mass is 10.0. The number of carbonyl (C=O) groups excluding carboxylic acids is 1. The van der Waals surface area contributed by atoms with Gasteiger partial charge in [0.15, 0.2) is 5.76 Å². The number of morpholine rings is 1. The van der Waals surface area contributed by atoms with Gasteiger partial charge in [-0.3, -0.25) is 4.79 Å². The van der Waals surface area contributed by atoms with E-state index in [9.17, 15) is 4.79 Å². The van der Waals surface area contributed by atoms with Crippen molar-refractivity contribution in [3.05, 3.63) is 71.6 Å². The standard InChI is InChI=1S/C22H23N3O3/c1-16-13-21(28-24-16)15-23-22(26)19-4-2-3-18(14-19)17-5-7-20(8-6-17)25-9-11-27-12-10-25/h2-8,13-14H,9-12,15H2,1H3,(H,23,26). The molecule has 28 heavy (non-hydrogen) atoms. The number of benzene rings is 2. The van der Waals surface area contributed by atoms with Gasteiger partial charge in [0.2, 0.25) is 0 Å². The maximum atomic E-state index is 12.5. The van der Waals surface area contributed by atoms with Gasteiger partial charge in [0.05, 0.1) is 25.5 Å². The van der Waals surface area contributed by atoms with Crippen LogP contribution in [0.5, 0.6) is 0 Å². The minimum atomic E-state index is -0.138. The van der Waals surface area contributed by atoms with Gasteiger partial charge in [-0.1, -0.05) is 29.4 Å². The van der Waals surface area contributed by atoms with Gasteiger partial charge >= 0.3 is 0 Å². The fraction of sp³-hybridized carbons (Fsp3) is 0.273. The van der Waals surface area contributed by atoms with E-state index < -0.39 is 0 Å². The molecule has 2 aromatic carbocycles. The van der Waals surface area contributed by atoms with Crippen LogP contribution in [-0.2, 0) is 11.3 Å². The van der Waals surface area contributed by atoms with Gasteiger partial charge in [0.1, 0.15) is 0 Å². The summed E-state index contributed by atoms with van der Waals surface area (Å²) in [6, 6.07) is 17.9. The highest BCUT2D eigenvalue weighted by Crippen LogP contribution is 2.24. The van der Waals surface area contributed by atoms with Gasteiger partial charge in [0.25, 0.3) is 5.91 Å². The molecule has 1 aromatic heterocycles. The van der Waals surface area contributed by atoms with Crippen molar-refractivity contribution in [3.63, 3.8) is 0 Å². The Bertz CT molecular complexity index is 944. The van der Waals surface area contributed by atoms with E-state index in [1.807, 2.05) is 37.3 Å². The molecule has 3 aromatic rings. The van der Waals surface area contributed by atoms with Crippen LogP contribution in [0, 0.1) is 6.92 Å². The highest BCUT2D eigenvalue weighted by Gasteiger charge is 2.12. The third-order valence-electron chi connectivity index (χ3n) is 4.80. The Kier molecular flexibility index (Phi) is 5.39. The van der Waals surface area contributed by atoms with Crippen LogP contribution in [0.3, 0.4) is 0 Å². The van der Waals surface area contributed by atoms with Gasteiger partial charge in [-0.2, -0.15) is 0 Å². The number of amides is 1. The summed E-state index contributed by atoms with van der Waals surface area (Å²) in [6.07, 6.45) is 0. The monoisotopic (exact) mass is 377 g/mol. The normalized spacial score (nSPS) is 14.1. The van der Waals surface area contributed by atoms with Gasteiger partial charge in [-0.25, -0.2) is 0 Å². The summed E-state index contributed by atoms with van der Waals surface area (Å²) in [5.41, 5.74) is 4.70. The van der Waals surface area contributed by atoms with E-state index in [-0.39, 0.29) is 5.91 Å². The van der Waals surface area contributed by atoms with E-state index in [4.69, 9.17) is 9.26 Å². The fourth-order valence-electron chi connectivity index (χ4n) is 3.30. The summed E-state index contributed by atoms with van der Waals surface area (Å²) < 4.78 is 10.5. The maximum absolute atomic E-state index is 12.5. The minimum absolute atomic E-state index is 0.138. The van der Waals surface area contributed by atoms with E-state index in [0.29, 0.717) is 17.9 Å². The Hall–Kier alpha value is -3.12. The predicted molar refractivity (Wildman–Crippen MR) is 107 cm³/mol. The molecule has 1 saturated heterocycles. The molecule has 144 valence electrons. The lowest BCUT2D eigenvalue weighted by molar-refractivity contribution is 0.0947. The molecule has 6 nitrogen and oxygen atoms in total. The van der Waals surface area contributed by atoms with Crippen molar-refractivity contribution in [2.45, 2.75) is 13.5 Å². The Balaban J connectivity index is 1.44. The van der Waals surface area contributed by atoms with E-state index in [1.54, 1.807) is 0 Å². The van der Waals surface area contributed by atoms with Crippen molar-refractivity contribution in [2.75, 3.05) is 31.2 Å². The predicted octanol–water partition coefficient (Wildman–Crippen LogP) is 3.42. The maximum Gasteiger partial charge on any atom is 0.251 e. The molecule has 0 radical (unpaired) electrons. The molecule has 1 amide bonds. The number of aryl methyl sites for hydroxylation is 1. The SMILES string of the molecule is Cc1cc(CNC(=O)c2cccc(-c3ccc(N4CCOCC4)cc3)c2)on1. The average molecular weight is 377 g/mol. The fourth-order valence-corrected chi connectivity index (χ4v) is 3.30. The molecule has 0 saturated carbocycles. The first-order chi connectivity index (χ1) is 13.7. The summed E-state index contributed by atoms with van der Waals surface area (Å²) in [6.45, 7) is 5.54. The molecule has 0 atom stereocenters. The molecule has 0 spiro atoms. The molecular weight excluding hydrogens is 354 g/mol. The number of nitrogens with zero attached hydrogens (tertiary/aromatic N) is 2. The third kappa shape index (κ3) is 4.23. The molecule has 1 aliphatic rings. The summed E-state index contributed by atoms with van der Waals surface area (Å²) in [7, 11) is 0. The number of aromatic nitrogens is 1. The molecule has 0 aliphatic carbocycles. The highest BCUT2D eigenvalue weighted by atomic mass is 16.5. The van der Waals surface area contributed by atoms with Crippen molar-refractivity contribution in [3.8, 4) is 11.1 Å². The lowest BCUT2D eigenvalue weighted by Gasteiger charge is -2.28. The third-order valence-corrected chi connectivity index (χ3v) is 4.80. The molecule has 0 unspecified atom stereocenters. The summed E-state index contributed by atoms with van der Waals surface area (Å²) in [5.74, 6) is 0.501. The number of carbonyl (C=O) groups is 1. The zero-order chi connectivity index (χ0) is 19.3. The van der Waals surface area contributed by atoms with Gasteiger partial charge in [0, 0.05) is 30.4 Å². The zero-order valence-electron chi connectivity index (χ0n) is 15.9. The molecule has 1 aliphatic heterocycles. The van der Waals surface area contributed by atoms with Crippen molar-refractivity contribution >= 4 is 11.6 Å². The van der Waals surface area contributed by atoms with Crippen LogP contribution >= 0.6 is 0 Å². The van der Waals surface area contributed by atoms with Gasteiger partial charge < -0.3 is 19.5 Å². The number of ether oxygens (including phenoxy) is 1. The number of anilines is 1. The zero-order valence-corrected chi connectivity index (χ0v) is 15.9. The first-order valence-electron chi connectivity index (χ1n) is 9.43. The molecule has 1 fully saturated rings. The van der Waals surface area contributed by atoms with Crippen molar-refractivity contribution in [1.82, 2.24) is 10.5 Å². The van der Waals surface area contributed by atoms with Crippen molar-refractivity contribution < 1.29 is 14.1 Å². The quantitative estimate of drug-likeness (QED) is 0.738. The number of hydrogen-bond donors (Lipinski definition) is 1. The lowest BCUT2D eigenvalue weighted by Crippen LogP contribution is -2.36. The number of nitrogens with one attached hydrogen (secondary N) is 1. The van der Waals surface area contributed by atoms with E-state index in [2.05, 4.69) is 39.6 Å².